The van der Waals surface area contributed by atoms with Crippen molar-refractivity contribution in [1.29, 1.82) is 0 Å². The maximum Gasteiger partial charge on any atom is 0.127 e. The van der Waals surface area contributed by atoms with Crippen molar-refractivity contribution in [2.45, 2.75) is 18.3 Å². The molecular weight excluding hydrogens is 158 g/mol. The molecule has 2 rings (SSSR count). The Balaban J connectivity index is 2.23. The Morgan fingerprint density at radius 3 is 3.18 bits per heavy atom. The first-order valence-corrected chi connectivity index (χ1v) is 4.51. The maximum atomic E-state index is 5.68. The van der Waals surface area contributed by atoms with Gasteiger partial charge in [-0.25, -0.2) is 0 Å². The van der Waals surface area contributed by atoms with Gasteiger partial charge in [0.05, 0.1) is 0 Å². The van der Waals surface area contributed by atoms with Crippen LogP contribution in [0.15, 0.2) is 22.4 Å². The number of hydrogen-bond acceptors (Lipinski definition) is 4. The number of nitrogens with two attached hydrogens (primary N) is 2. The highest BCUT2D eigenvalue weighted by Crippen LogP contribution is 2.34. The van der Waals surface area contributed by atoms with E-state index in [0.717, 1.165) is 18.5 Å². The van der Waals surface area contributed by atoms with Crippen molar-refractivity contribution in [2.75, 3.05) is 0 Å². The van der Waals surface area contributed by atoms with E-state index in [2.05, 4.69) is 5.32 Å². The number of rotatable bonds is 0. The summed E-state index contributed by atoms with van der Waals surface area (Å²) in [5.41, 5.74) is 13.6. The molecule has 0 saturated heterocycles. The van der Waals surface area contributed by atoms with Crippen LogP contribution in [0.4, 0.5) is 0 Å². The van der Waals surface area contributed by atoms with Gasteiger partial charge in [0.1, 0.15) is 5.50 Å². The van der Waals surface area contributed by atoms with E-state index in [4.69, 9.17) is 11.5 Å². The third-order valence-corrected chi connectivity index (χ3v) is 2.84. The van der Waals surface area contributed by atoms with Gasteiger partial charge < -0.3 is 16.8 Å². The molecule has 4 heteroatoms. The van der Waals surface area contributed by atoms with E-state index in [9.17, 15) is 0 Å². The zero-order valence-corrected chi connectivity index (χ0v) is 6.95. The second-order valence-corrected chi connectivity index (χ2v) is 3.93. The fourth-order valence-corrected chi connectivity index (χ4v) is 2.30. The van der Waals surface area contributed by atoms with Crippen molar-refractivity contribution in [3.8, 4) is 0 Å². The smallest absolute Gasteiger partial charge is 0.127 e. The van der Waals surface area contributed by atoms with Crippen molar-refractivity contribution < 1.29 is 0 Å². The highest BCUT2D eigenvalue weighted by Gasteiger charge is 2.22. The van der Waals surface area contributed by atoms with E-state index in [-0.39, 0.29) is 5.50 Å². The van der Waals surface area contributed by atoms with Crippen LogP contribution >= 0.6 is 11.8 Å². The minimum absolute atomic E-state index is 0.0298. The third-order valence-electron chi connectivity index (χ3n) is 1.85. The highest BCUT2D eigenvalue weighted by atomic mass is 32.2. The van der Waals surface area contributed by atoms with Crippen molar-refractivity contribution in [3.05, 3.63) is 22.4 Å². The van der Waals surface area contributed by atoms with Crippen LogP contribution in [-0.2, 0) is 0 Å². The summed E-state index contributed by atoms with van der Waals surface area (Å²) in [5.74, 6) is 0. The molecule has 1 heterocycles. The molecular formula is C7H11N3S. The molecule has 0 saturated carbocycles. The molecule has 0 aromatic carbocycles. The van der Waals surface area contributed by atoms with E-state index < -0.39 is 0 Å². The van der Waals surface area contributed by atoms with Gasteiger partial charge in [-0.1, -0.05) is 11.8 Å². The molecule has 60 valence electrons. The summed E-state index contributed by atoms with van der Waals surface area (Å²) in [6, 6.07) is 0. The molecule has 0 amide bonds. The molecule has 0 spiro atoms. The predicted octanol–water partition coefficient (Wildman–Crippen LogP) is 0.413. The normalized spacial score (nSPS) is 29.5. The number of nitrogens with one attached hydrogen (secondary N) is 1. The Hall–Kier alpha value is -0.610. The molecule has 0 aromatic heterocycles. The van der Waals surface area contributed by atoms with Gasteiger partial charge in [-0.2, -0.15) is 0 Å². The Bertz CT molecular complexity index is 244. The molecule has 1 aliphatic heterocycles. The van der Waals surface area contributed by atoms with Crippen molar-refractivity contribution in [2.24, 2.45) is 11.5 Å². The predicted molar refractivity (Wildman–Crippen MR) is 47.2 cm³/mol. The molecule has 0 fully saturated rings. The molecule has 0 radical (unpaired) electrons. The first-order valence-electron chi connectivity index (χ1n) is 3.63. The molecule has 11 heavy (non-hydrogen) atoms. The van der Waals surface area contributed by atoms with Gasteiger partial charge in [-0.3, -0.25) is 0 Å². The van der Waals surface area contributed by atoms with Gasteiger partial charge in [0.25, 0.3) is 0 Å². The zero-order chi connectivity index (χ0) is 7.84. The van der Waals surface area contributed by atoms with Crippen LogP contribution in [0.25, 0.3) is 0 Å². The lowest BCUT2D eigenvalue weighted by Crippen LogP contribution is -2.29. The molecule has 2 aliphatic rings. The van der Waals surface area contributed by atoms with Crippen LogP contribution in [0.1, 0.15) is 12.8 Å². The summed E-state index contributed by atoms with van der Waals surface area (Å²) >= 11 is 1.64. The summed E-state index contributed by atoms with van der Waals surface area (Å²) < 4.78 is 0. The van der Waals surface area contributed by atoms with Crippen LogP contribution in [0.2, 0.25) is 0 Å². The first kappa shape index (κ1) is 7.06. The first-order chi connectivity index (χ1) is 5.25. The lowest BCUT2D eigenvalue weighted by molar-refractivity contribution is 0.725. The Labute approximate surface area is 69.9 Å². The number of hydrogen-bond donors (Lipinski definition) is 3. The third kappa shape index (κ3) is 1.23. The fraction of sp³-hybridized carbons (Fsp3) is 0.429. The topological polar surface area (TPSA) is 64.1 Å². The van der Waals surface area contributed by atoms with Crippen LogP contribution in [0.3, 0.4) is 0 Å². The largest absolute Gasteiger partial charge is 0.402 e. The van der Waals surface area contributed by atoms with Crippen LogP contribution in [0.5, 0.6) is 0 Å². The van der Waals surface area contributed by atoms with Gasteiger partial charge in [-0.05, 0) is 18.9 Å². The molecule has 1 unspecified atom stereocenters. The van der Waals surface area contributed by atoms with E-state index in [1.807, 2.05) is 6.08 Å². The summed E-state index contributed by atoms with van der Waals surface area (Å²) in [5, 5.41) is 3.20. The lowest BCUT2D eigenvalue weighted by atomic mass is 10.1. The van der Waals surface area contributed by atoms with E-state index in [0.29, 0.717) is 0 Å². The molecule has 5 N–H and O–H groups in total. The highest BCUT2D eigenvalue weighted by molar-refractivity contribution is 8.04. The summed E-state index contributed by atoms with van der Waals surface area (Å²) in [6.45, 7) is 0. The molecule has 3 nitrogen and oxygen atoms in total. The second kappa shape index (κ2) is 2.46. The summed E-state index contributed by atoms with van der Waals surface area (Å²) in [7, 11) is 0. The van der Waals surface area contributed by atoms with Gasteiger partial charge >= 0.3 is 0 Å². The average Bonchev–Trinajstić information content (AvgIpc) is 2.27. The SMILES string of the molecule is NC1=CC2=C(CC1)NC(N)S2. The van der Waals surface area contributed by atoms with Crippen molar-refractivity contribution in [1.82, 2.24) is 5.32 Å². The average molecular weight is 169 g/mol. The fourth-order valence-electron chi connectivity index (χ4n) is 1.31. The van der Waals surface area contributed by atoms with Gasteiger partial charge in [0.15, 0.2) is 0 Å². The molecule has 0 aromatic rings. The van der Waals surface area contributed by atoms with E-state index in [1.165, 1.54) is 10.6 Å². The van der Waals surface area contributed by atoms with Crippen molar-refractivity contribution in [3.63, 3.8) is 0 Å². The second-order valence-electron chi connectivity index (χ2n) is 2.74. The Morgan fingerprint density at radius 1 is 1.55 bits per heavy atom. The van der Waals surface area contributed by atoms with Crippen LogP contribution in [-0.4, -0.2) is 5.50 Å². The number of allylic oxidation sites excluding steroid dienone is 3. The van der Waals surface area contributed by atoms with E-state index in [1.54, 1.807) is 11.8 Å². The van der Waals surface area contributed by atoms with Crippen LogP contribution in [0, 0.1) is 0 Å². The quantitative estimate of drug-likeness (QED) is 0.491. The minimum Gasteiger partial charge on any atom is -0.402 e. The standard InChI is InChI=1S/C7H11N3S/c8-4-1-2-5-6(3-4)11-7(9)10-5/h3,7,10H,1-2,8-9H2. The van der Waals surface area contributed by atoms with Gasteiger partial charge in [0, 0.05) is 16.3 Å². The zero-order valence-electron chi connectivity index (χ0n) is 6.13. The van der Waals surface area contributed by atoms with Gasteiger partial charge in [-0.15, -0.1) is 0 Å². The Kier molecular flexibility index (Phi) is 1.58. The van der Waals surface area contributed by atoms with Crippen LogP contribution < -0.4 is 16.8 Å². The molecule has 0 bridgehead atoms. The maximum absolute atomic E-state index is 5.68. The number of thioether (sulfide) groups is 1. The van der Waals surface area contributed by atoms with Gasteiger partial charge in [0.2, 0.25) is 0 Å². The Morgan fingerprint density at radius 2 is 2.36 bits per heavy atom. The molecule has 1 aliphatic carbocycles. The summed E-state index contributed by atoms with van der Waals surface area (Å²) in [4.78, 5) is 1.22. The lowest BCUT2D eigenvalue weighted by Gasteiger charge is -2.10. The summed E-state index contributed by atoms with van der Waals surface area (Å²) in [6.07, 6.45) is 3.99. The minimum atomic E-state index is 0.0298. The monoisotopic (exact) mass is 169 g/mol. The molecule has 1 atom stereocenters. The van der Waals surface area contributed by atoms with Crippen molar-refractivity contribution >= 4 is 11.8 Å². The van der Waals surface area contributed by atoms with E-state index >= 15 is 0 Å².